The molecule has 8 heteroatoms. The number of aliphatic hydroxyl groups is 2. The van der Waals surface area contributed by atoms with Gasteiger partial charge in [0.25, 0.3) is 0 Å². The molecule has 2 unspecified atom stereocenters. The van der Waals surface area contributed by atoms with Crippen molar-refractivity contribution in [3.63, 3.8) is 0 Å². The van der Waals surface area contributed by atoms with Crippen molar-refractivity contribution in [1.29, 1.82) is 0 Å². The third-order valence-electron chi connectivity index (χ3n) is 11.4. The van der Waals surface area contributed by atoms with E-state index in [-0.39, 0.29) is 26.4 Å². The highest BCUT2D eigenvalue weighted by molar-refractivity contribution is 6.09. The van der Waals surface area contributed by atoms with E-state index in [0.717, 1.165) is 50.2 Å². The Morgan fingerprint density at radius 1 is 0.525 bits per heavy atom. The van der Waals surface area contributed by atoms with Gasteiger partial charge in [-0.15, -0.1) is 0 Å². The molecule has 0 aromatic heterocycles. The Bertz CT molecular complexity index is 2900. The van der Waals surface area contributed by atoms with Crippen LogP contribution in [0.3, 0.4) is 0 Å². The van der Waals surface area contributed by atoms with Gasteiger partial charge < -0.3 is 29.2 Å². The second-order valence-corrected chi connectivity index (χ2v) is 15.2. The first-order chi connectivity index (χ1) is 29.8. The molecule has 1 aliphatic rings. The lowest BCUT2D eigenvalue weighted by Gasteiger charge is -2.35. The van der Waals surface area contributed by atoms with Crippen LogP contribution in [0.4, 0.5) is 0 Å². The predicted octanol–water partition coefficient (Wildman–Crippen LogP) is 9.60. The van der Waals surface area contributed by atoms with E-state index >= 15 is 0 Å². The summed E-state index contributed by atoms with van der Waals surface area (Å²) in [4.78, 5) is 22.9. The molecule has 0 fully saturated rings. The van der Waals surface area contributed by atoms with Crippen LogP contribution in [0.25, 0.3) is 54.2 Å². The van der Waals surface area contributed by atoms with Crippen molar-refractivity contribution < 1.29 is 38.7 Å². The van der Waals surface area contributed by atoms with Gasteiger partial charge in [-0.1, -0.05) is 122 Å². The van der Waals surface area contributed by atoms with Crippen molar-refractivity contribution in [3.8, 4) is 22.6 Å². The molecule has 61 heavy (non-hydrogen) atoms. The number of benzene rings is 8. The minimum absolute atomic E-state index is 0.0452. The summed E-state index contributed by atoms with van der Waals surface area (Å²) in [5.74, 6) is -0.0342. The number of ether oxygens (including phenoxy) is 4. The van der Waals surface area contributed by atoms with Gasteiger partial charge >= 0.3 is 11.9 Å². The molecule has 8 nitrogen and oxygen atoms in total. The number of hydrogen-bond acceptors (Lipinski definition) is 8. The van der Waals surface area contributed by atoms with E-state index < -0.39 is 29.6 Å². The van der Waals surface area contributed by atoms with E-state index in [0.29, 0.717) is 11.5 Å². The van der Waals surface area contributed by atoms with Crippen molar-refractivity contribution in [2.24, 2.45) is 0 Å². The maximum atomic E-state index is 11.5. The summed E-state index contributed by atoms with van der Waals surface area (Å²) in [6, 6.07) is 51.2. The molecule has 2 N–H and O–H groups in total. The van der Waals surface area contributed by atoms with E-state index in [9.17, 15) is 19.8 Å². The molecule has 8 aromatic carbocycles. The zero-order chi connectivity index (χ0) is 42.1. The normalized spacial score (nSPS) is 15.2. The van der Waals surface area contributed by atoms with Crippen LogP contribution >= 0.6 is 0 Å². The van der Waals surface area contributed by atoms with Crippen molar-refractivity contribution in [1.82, 2.24) is 0 Å². The van der Waals surface area contributed by atoms with Crippen molar-refractivity contribution in [2.75, 3.05) is 26.4 Å². The summed E-state index contributed by atoms with van der Waals surface area (Å²) in [6.07, 6.45) is 0.120. The summed E-state index contributed by atoms with van der Waals surface area (Å²) in [5.41, 5.74) is 6.26. The summed E-state index contributed by atoms with van der Waals surface area (Å²) in [6.45, 7) is 6.30. The highest BCUT2D eigenvalue weighted by atomic mass is 16.6. The molecule has 0 heterocycles. The van der Waals surface area contributed by atoms with Gasteiger partial charge in [-0.25, -0.2) is 9.59 Å². The average Bonchev–Trinajstić information content (AvgIpc) is 3.62. The smallest absolute Gasteiger partial charge is 0.330 e. The van der Waals surface area contributed by atoms with Crippen LogP contribution < -0.4 is 9.47 Å². The van der Waals surface area contributed by atoms with E-state index in [1.165, 1.54) is 38.4 Å². The van der Waals surface area contributed by atoms with E-state index in [1.54, 1.807) is 0 Å². The third kappa shape index (κ3) is 7.26. The molecule has 302 valence electrons. The molecule has 0 saturated heterocycles. The predicted molar refractivity (Wildman–Crippen MR) is 239 cm³/mol. The van der Waals surface area contributed by atoms with Gasteiger partial charge in [-0.05, 0) is 113 Å². The largest absolute Gasteiger partial charge is 0.491 e. The number of aliphatic hydroxyl groups excluding tert-OH is 2. The molecule has 8 aromatic rings. The first-order valence-electron chi connectivity index (χ1n) is 20.1. The summed E-state index contributed by atoms with van der Waals surface area (Å²) in [5, 5.41) is 29.4. The van der Waals surface area contributed by atoms with E-state index in [1.807, 2.05) is 36.4 Å². The maximum absolute atomic E-state index is 11.5. The second kappa shape index (κ2) is 16.4. The number of esters is 2. The molecule has 9 rings (SSSR count). The Balaban J connectivity index is 1.18. The lowest BCUT2D eigenvalue weighted by atomic mass is 9.66. The molecule has 2 atom stereocenters. The van der Waals surface area contributed by atoms with Crippen LogP contribution in [-0.2, 0) is 24.5 Å². The van der Waals surface area contributed by atoms with Crippen LogP contribution in [0.15, 0.2) is 171 Å². The number of carbonyl (C=O) groups excluding carboxylic acids is 2. The van der Waals surface area contributed by atoms with Gasteiger partial charge in [0.2, 0.25) is 0 Å². The van der Waals surface area contributed by atoms with Crippen LogP contribution in [0.5, 0.6) is 11.5 Å². The van der Waals surface area contributed by atoms with Gasteiger partial charge in [-0.3, -0.25) is 0 Å². The first-order valence-corrected chi connectivity index (χ1v) is 20.1. The Morgan fingerprint density at radius 3 is 1.54 bits per heavy atom. The molecule has 0 amide bonds. The second-order valence-electron chi connectivity index (χ2n) is 15.2. The summed E-state index contributed by atoms with van der Waals surface area (Å²) >= 11 is 0. The lowest BCUT2D eigenvalue weighted by Crippen LogP contribution is -2.29. The van der Waals surface area contributed by atoms with Gasteiger partial charge in [0.1, 0.15) is 50.1 Å². The molecule has 0 aliphatic heterocycles. The summed E-state index contributed by atoms with van der Waals surface area (Å²) < 4.78 is 21.8. The number of carbonyl (C=O) groups is 2. The molecular formula is C53H42O8. The summed E-state index contributed by atoms with van der Waals surface area (Å²) in [7, 11) is 0. The minimum atomic E-state index is -0.996. The third-order valence-corrected chi connectivity index (χ3v) is 11.4. The van der Waals surface area contributed by atoms with Crippen LogP contribution in [-0.4, -0.2) is 60.8 Å². The first kappa shape index (κ1) is 39.2. The highest BCUT2D eigenvalue weighted by Crippen LogP contribution is 2.60. The van der Waals surface area contributed by atoms with E-state index in [4.69, 9.17) is 18.9 Å². The molecule has 0 spiro atoms. The Labute approximate surface area is 352 Å². The van der Waals surface area contributed by atoms with Crippen LogP contribution in [0.2, 0.25) is 0 Å². The Hall–Kier alpha value is -7.26. The number of hydrogen-bond donors (Lipinski definition) is 2. The van der Waals surface area contributed by atoms with E-state index in [2.05, 4.69) is 122 Å². The fourth-order valence-corrected chi connectivity index (χ4v) is 8.71. The van der Waals surface area contributed by atoms with Gasteiger partial charge in [0.15, 0.2) is 0 Å². The molecule has 0 saturated carbocycles. The van der Waals surface area contributed by atoms with Gasteiger partial charge in [0, 0.05) is 12.2 Å². The fourth-order valence-electron chi connectivity index (χ4n) is 8.71. The average molecular weight is 807 g/mol. The monoisotopic (exact) mass is 806 g/mol. The van der Waals surface area contributed by atoms with Crippen LogP contribution in [0.1, 0.15) is 22.3 Å². The lowest BCUT2D eigenvalue weighted by molar-refractivity contribution is -0.142. The maximum Gasteiger partial charge on any atom is 0.330 e. The Morgan fingerprint density at radius 2 is 0.984 bits per heavy atom. The molecular weight excluding hydrogens is 765 g/mol. The van der Waals surface area contributed by atoms with Gasteiger partial charge in [-0.2, -0.15) is 0 Å². The molecule has 0 radical (unpaired) electrons. The SMILES string of the molecule is C=CC(=O)OCC(O)COc1ccc2cc(C3(c4ccc5cc(OCC(O)COC(=O)C=C)ccc5c4)c4ccc5ccccc5c4-c4ccc5ccccc5c43)ccc2c1. The number of fused-ring (bicyclic) bond motifs is 9. The topological polar surface area (TPSA) is 112 Å². The minimum Gasteiger partial charge on any atom is -0.491 e. The quantitative estimate of drug-likeness (QED) is 0.0826. The zero-order valence-corrected chi connectivity index (χ0v) is 33.3. The molecule has 1 aliphatic carbocycles. The highest BCUT2D eigenvalue weighted by Gasteiger charge is 2.48. The number of rotatable bonds is 14. The van der Waals surface area contributed by atoms with Crippen molar-refractivity contribution in [2.45, 2.75) is 17.6 Å². The van der Waals surface area contributed by atoms with Gasteiger partial charge in [0.05, 0.1) is 5.41 Å². The fraction of sp³-hybridized carbons (Fsp3) is 0.132. The zero-order valence-electron chi connectivity index (χ0n) is 33.3. The Kier molecular flexibility index (Phi) is 10.6. The van der Waals surface area contributed by atoms with Crippen LogP contribution in [0, 0.1) is 0 Å². The molecule has 0 bridgehead atoms. The van der Waals surface area contributed by atoms with Crippen molar-refractivity contribution in [3.05, 3.63) is 193 Å². The standard InChI is InChI=1S/C53H42O8/c1-3-49(56)60-31-41(54)29-58-43-21-15-35-25-39(19-13-37(35)27-43)53(40-20-14-38-28-44(22-16-36(38)26-40)59-30-42(55)32-61-50(57)4-2)48-24-18-33-9-5-7-11-45(33)51(48)47-23-17-34-10-6-8-12-46(34)52(47)53/h3-28,41-42,54-55H,1-2,29-32H2. The van der Waals surface area contributed by atoms with Crippen molar-refractivity contribution >= 4 is 55.0 Å².